The molecule has 0 aliphatic heterocycles. The fraction of sp³-hybridized carbons (Fsp3) is 0.357. The number of hydrogen-bond acceptors (Lipinski definition) is 4. The second-order valence-electron chi connectivity index (χ2n) is 4.13. The van der Waals surface area contributed by atoms with E-state index >= 15 is 0 Å². The normalized spacial score (nSPS) is 12.4. The Hall–Kier alpha value is -1.39. The summed E-state index contributed by atoms with van der Waals surface area (Å²) in [5.41, 5.74) is 3.14. The van der Waals surface area contributed by atoms with Crippen LogP contribution in [0.1, 0.15) is 30.5 Å². The molecule has 4 heteroatoms. The molecule has 1 atom stereocenters. The van der Waals surface area contributed by atoms with E-state index in [0.717, 1.165) is 28.4 Å². The number of ether oxygens (including phenoxy) is 1. The van der Waals surface area contributed by atoms with E-state index in [2.05, 4.69) is 18.0 Å². The molecule has 96 valence electrons. The topological polar surface area (TPSA) is 42.4 Å². The van der Waals surface area contributed by atoms with Gasteiger partial charge in [0, 0.05) is 10.9 Å². The van der Waals surface area contributed by atoms with Crippen molar-refractivity contribution in [2.24, 2.45) is 0 Å². The lowest BCUT2D eigenvalue weighted by Gasteiger charge is -2.08. The van der Waals surface area contributed by atoms with E-state index in [1.54, 1.807) is 14.0 Å². The van der Waals surface area contributed by atoms with Gasteiger partial charge in [-0.05, 0) is 37.1 Å². The van der Waals surface area contributed by atoms with Crippen LogP contribution in [0.5, 0.6) is 5.75 Å². The number of aromatic nitrogens is 1. The van der Waals surface area contributed by atoms with Crippen LogP contribution in [0.4, 0.5) is 0 Å². The molecule has 1 aromatic carbocycles. The summed E-state index contributed by atoms with van der Waals surface area (Å²) in [7, 11) is 1.68. The fourth-order valence-electron chi connectivity index (χ4n) is 1.83. The molecule has 0 amide bonds. The molecule has 1 aromatic heterocycles. The average Bonchev–Trinajstić information content (AvgIpc) is 2.87. The SMILES string of the molecule is CCc1cc(-c2csc(C(C)O)n2)ccc1OC. The second-order valence-corrected chi connectivity index (χ2v) is 5.02. The van der Waals surface area contributed by atoms with Crippen molar-refractivity contribution in [2.45, 2.75) is 26.4 Å². The highest BCUT2D eigenvalue weighted by atomic mass is 32.1. The quantitative estimate of drug-likeness (QED) is 0.919. The van der Waals surface area contributed by atoms with Crippen LogP contribution in [-0.2, 0) is 6.42 Å². The lowest BCUT2D eigenvalue weighted by molar-refractivity contribution is 0.199. The van der Waals surface area contributed by atoms with Gasteiger partial charge in [0.15, 0.2) is 0 Å². The molecule has 1 N–H and O–H groups in total. The number of thiazole rings is 1. The molecule has 1 heterocycles. The van der Waals surface area contributed by atoms with Gasteiger partial charge >= 0.3 is 0 Å². The van der Waals surface area contributed by atoms with E-state index in [1.807, 2.05) is 17.5 Å². The lowest BCUT2D eigenvalue weighted by Crippen LogP contribution is -1.92. The van der Waals surface area contributed by atoms with Crippen LogP contribution in [0.15, 0.2) is 23.6 Å². The predicted molar refractivity (Wildman–Crippen MR) is 74.1 cm³/mol. The van der Waals surface area contributed by atoms with E-state index in [9.17, 15) is 5.11 Å². The van der Waals surface area contributed by atoms with Gasteiger partial charge < -0.3 is 9.84 Å². The van der Waals surface area contributed by atoms with Crippen molar-refractivity contribution in [3.63, 3.8) is 0 Å². The van der Waals surface area contributed by atoms with Gasteiger partial charge in [0.05, 0.1) is 12.8 Å². The summed E-state index contributed by atoms with van der Waals surface area (Å²) in [6.07, 6.45) is 0.414. The molecular formula is C14H17NO2S. The Labute approximate surface area is 111 Å². The molecule has 0 bridgehead atoms. The first kappa shape index (κ1) is 13.1. The van der Waals surface area contributed by atoms with Crippen molar-refractivity contribution in [1.29, 1.82) is 0 Å². The zero-order chi connectivity index (χ0) is 13.1. The first-order valence-corrected chi connectivity index (χ1v) is 6.84. The summed E-state index contributed by atoms with van der Waals surface area (Å²) in [5.74, 6) is 0.909. The zero-order valence-electron chi connectivity index (χ0n) is 10.8. The predicted octanol–water partition coefficient (Wildman–Crippen LogP) is 3.43. The zero-order valence-corrected chi connectivity index (χ0v) is 11.6. The van der Waals surface area contributed by atoms with Gasteiger partial charge in [0.2, 0.25) is 0 Å². The third-order valence-corrected chi connectivity index (χ3v) is 3.85. The van der Waals surface area contributed by atoms with Crippen LogP contribution in [-0.4, -0.2) is 17.2 Å². The van der Waals surface area contributed by atoms with E-state index < -0.39 is 6.10 Å². The first-order valence-electron chi connectivity index (χ1n) is 5.96. The molecule has 0 saturated carbocycles. The minimum Gasteiger partial charge on any atom is -0.496 e. The van der Waals surface area contributed by atoms with E-state index in [-0.39, 0.29) is 0 Å². The summed E-state index contributed by atoms with van der Waals surface area (Å²) in [5, 5.41) is 12.2. The maximum absolute atomic E-state index is 9.49. The minimum absolute atomic E-state index is 0.507. The van der Waals surface area contributed by atoms with Crippen LogP contribution in [0, 0.1) is 0 Å². The Morgan fingerprint density at radius 1 is 1.44 bits per heavy atom. The van der Waals surface area contributed by atoms with E-state index in [1.165, 1.54) is 16.9 Å². The Kier molecular flexibility index (Phi) is 3.99. The molecule has 2 rings (SSSR count). The molecular weight excluding hydrogens is 246 g/mol. The highest BCUT2D eigenvalue weighted by Crippen LogP contribution is 2.29. The number of benzene rings is 1. The summed E-state index contributed by atoms with van der Waals surface area (Å²) in [4.78, 5) is 4.44. The van der Waals surface area contributed by atoms with Gasteiger partial charge in [-0.15, -0.1) is 11.3 Å². The van der Waals surface area contributed by atoms with Crippen molar-refractivity contribution in [3.05, 3.63) is 34.2 Å². The standard InChI is InChI=1S/C14H17NO2S/c1-4-10-7-11(5-6-13(10)17-3)12-8-18-14(15-12)9(2)16/h5-9,16H,4H2,1-3H3. The molecule has 18 heavy (non-hydrogen) atoms. The van der Waals surface area contributed by atoms with Gasteiger partial charge in [-0.3, -0.25) is 0 Å². The van der Waals surface area contributed by atoms with Crippen LogP contribution in [0.3, 0.4) is 0 Å². The Morgan fingerprint density at radius 3 is 2.78 bits per heavy atom. The van der Waals surface area contributed by atoms with Gasteiger partial charge in [-0.2, -0.15) is 0 Å². The van der Waals surface area contributed by atoms with Gasteiger partial charge in [0.25, 0.3) is 0 Å². The number of rotatable bonds is 4. The molecule has 0 spiro atoms. The number of nitrogens with zero attached hydrogens (tertiary/aromatic N) is 1. The summed E-state index contributed by atoms with van der Waals surface area (Å²) in [6.45, 7) is 3.83. The molecule has 0 aliphatic carbocycles. The average molecular weight is 263 g/mol. The third-order valence-electron chi connectivity index (χ3n) is 2.84. The largest absolute Gasteiger partial charge is 0.496 e. The van der Waals surface area contributed by atoms with Crippen molar-refractivity contribution >= 4 is 11.3 Å². The number of aryl methyl sites for hydroxylation is 1. The number of methoxy groups -OCH3 is 1. The van der Waals surface area contributed by atoms with E-state index in [0.29, 0.717) is 0 Å². The lowest BCUT2D eigenvalue weighted by atomic mass is 10.1. The smallest absolute Gasteiger partial charge is 0.122 e. The second kappa shape index (κ2) is 5.50. The molecule has 2 aromatic rings. The van der Waals surface area contributed by atoms with Crippen molar-refractivity contribution in [2.75, 3.05) is 7.11 Å². The number of hydrogen-bond donors (Lipinski definition) is 1. The monoisotopic (exact) mass is 263 g/mol. The fourth-order valence-corrected chi connectivity index (χ4v) is 2.60. The van der Waals surface area contributed by atoms with Crippen LogP contribution in [0.25, 0.3) is 11.3 Å². The van der Waals surface area contributed by atoms with Gasteiger partial charge in [-0.25, -0.2) is 4.98 Å². The Morgan fingerprint density at radius 2 is 2.22 bits per heavy atom. The molecule has 3 nitrogen and oxygen atoms in total. The first-order chi connectivity index (χ1) is 8.65. The number of aliphatic hydroxyl groups is 1. The third kappa shape index (κ3) is 2.54. The maximum atomic E-state index is 9.49. The molecule has 0 aliphatic rings. The van der Waals surface area contributed by atoms with Crippen molar-refractivity contribution < 1.29 is 9.84 Å². The van der Waals surface area contributed by atoms with Gasteiger partial charge in [-0.1, -0.05) is 6.92 Å². The highest BCUT2D eigenvalue weighted by Gasteiger charge is 2.10. The van der Waals surface area contributed by atoms with Gasteiger partial charge in [0.1, 0.15) is 16.9 Å². The van der Waals surface area contributed by atoms with Crippen LogP contribution in [0.2, 0.25) is 0 Å². The van der Waals surface area contributed by atoms with Crippen LogP contribution < -0.4 is 4.74 Å². The molecule has 0 radical (unpaired) electrons. The minimum atomic E-state index is -0.507. The summed E-state index contributed by atoms with van der Waals surface area (Å²) >= 11 is 1.48. The van der Waals surface area contributed by atoms with Crippen molar-refractivity contribution in [1.82, 2.24) is 4.98 Å². The van der Waals surface area contributed by atoms with Crippen LogP contribution >= 0.6 is 11.3 Å². The summed E-state index contributed by atoms with van der Waals surface area (Å²) in [6, 6.07) is 6.06. The summed E-state index contributed by atoms with van der Waals surface area (Å²) < 4.78 is 5.31. The Balaban J connectivity index is 2.38. The Bertz CT molecular complexity index is 534. The van der Waals surface area contributed by atoms with Crippen molar-refractivity contribution in [3.8, 4) is 17.0 Å². The molecule has 1 unspecified atom stereocenters. The highest BCUT2D eigenvalue weighted by molar-refractivity contribution is 7.10. The molecule has 0 saturated heterocycles. The molecule has 0 fully saturated rings. The van der Waals surface area contributed by atoms with E-state index in [4.69, 9.17) is 4.74 Å². The number of aliphatic hydroxyl groups excluding tert-OH is 1. The maximum Gasteiger partial charge on any atom is 0.122 e.